The lowest BCUT2D eigenvalue weighted by molar-refractivity contribution is 0.327. The Hall–Kier alpha value is -0.710. The van der Waals surface area contributed by atoms with E-state index in [2.05, 4.69) is 14.9 Å². The summed E-state index contributed by atoms with van der Waals surface area (Å²) < 4.78 is 0. The fourth-order valence-corrected chi connectivity index (χ4v) is 1.46. The summed E-state index contributed by atoms with van der Waals surface area (Å²) >= 11 is 5.82. The molecule has 0 bridgehead atoms. The van der Waals surface area contributed by atoms with E-state index in [0.717, 1.165) is 18.1 Å². The zero-order valence-electron chi connectivity index (χ0n) is 8.50. The second kappa shape index (κ2) is 5.24. The Bertz CT molecular complexity index is 283. The van der Waals surface area contributed by atoms with E-state index < -0.39 is 0 Å². The van der Waals surface area contributed by atoms with Gasteiger partial charge in [-0.3, -0.25) is 4.90 Å². The number of likely N-dealkylation sites (N-methyl/N-ethyl adjacent to an activating group) is 1. The van der Waals surface area contributed by atoms with Crippen LogP contribution in [0.1, 0.15) is 11.5 Å². The first-order chi connectivity index (χ1) is 6.61. The number of aromatic nitrogens is 2. The molecule has 5 heteroatoms. The van der Waals surface area contributed by atoms with Gasteiger partial charge in [0.05, 0.1) is 6.54 Å². The van der Waals surface area contributed by atoms with Gasteiger partial charge < -0.3 is 5.73 Å². The summed E-state index contributed by atoms with van der Waals surface area (Å²) in [5, 5.41) is 0.494. The Morgan fingerprint density at radius 1 is 1.50 bits per heavy atom. The molecule has 0 saturated heterocycles. The van der Waals surface area contributed by atoms with Crippen molar-refractivity contribution in [2.45, 2.75) is 13.5 Å². The number of aryl methyl sites for hydroxylation is 1. The van der Waals surface area contributed by atoms with Gasteiger partial charge in [-0.2, -0.15) is 0 Å². The van der Waals surface area contributed by atoms with Crippen LogP contribution in [0.5, 0.6) is 0 Å². The van der Waals surface area contributed by atoms with Gasteiger partial charge in [0.1, 0.15) is 11.0 Å². The molecule has 14 heavy (non-hydrogen) atoms. The number of nitrogens with two attached hydrogens (primary N) is 1. The number of hydrogen-bond donors (Lipinski definition) is 1. The van der Waals surface area contributed by atoms with Crippen LogP contribution in [-0.2, 0) is 6.54 Å². The van der Waals surface area contributed by atoms with E-state index in [4.69, 9.17) is 17.3 Å². The van der Waals surface area contributed by atoms with Crippen molar-refractivity contribution < 1.29 is 0 Å². The predicted molar refractivity (Wildman–Crippen MR) is 57.2 cm³/mol. The first-order valence-corrected chi connectivity index (χ1v) is 4.88. The summed E-state index contributed by atoms with van der Waals surface area (Å²) in [5.41, 5.74) is 6.32. The molecule has 0 saturated carbocycles. The van der Waals surface area contributed by atoms with E-state index in [9.17, 15) is 0 Å². The normalized spacial score (nSPS) is 10.9. The molecule has 1 rings (SSSR count). The molecule has 78 valence electrons. The lowest BCUT2D eigenvalue weighted by Gasteiger charge is -2.14. The minimum Gasteiger partial charge on any atom is -0.329 e. The van der Waals surface area contributed by atoms with Gasteiger partial charge >= 0.3 is 0 Å². The first-order valence-electron chi connectivity index (χ1n) is 4.50. The average molecular weight is 215 g/mol. The van der Waals surface area contributed by atoms with E-state index in [0.29, 0.717) is 18.2 Å². The van der Waals surface area contributed by atoms with E-state index >= 15 is 0 Å². The zero-order valence-corrected chi connectivity index (χ0v) is 9.25. The number of rotatable bonds is 4. The average Bonchev–Trinajstić information content (AvgIpc) is 2.01. The molecule has 1 aromatic heterocycles. The molecule has 0 amide bonds. The second-order valence-electron chi connectivity index (χ2n) is 3.27. The first kappa shape index (κ1) is 11.4. The third-order valence-electron chi connectivity index (χ3n) is 1.79. The van der Waals surface area contributed by atoms with Gasteiger partial charge in [0.15, 0.2) is 0 Å². The van der Waals surface area contributed by atoms with E-state index in [1.54, 1.807) is 6.07 Å². The second-order valence-corrected chi connectivity index (χ2v) is 3.66. The quantitative estimate of drug-likeness (QED) is 0.755. The van der Waals surface area contributed by atoms with Gasteiger partial charge in [0.25, 0.3) is 0 Å². The molecular formula is C9H15ClN4. The van der Waals surface area contributed by atoms with Gasteiger partial charge in [-0.05, 0) is 20.0 Å². The molecule has 0 spiro atoms. The maximum Gasteiger partial charge on any atom is 0.144 e. The van der Waals surface area contributed by atoms with Crippen molar-refractivity contribution in [1.29, 1.82) is 0 Å². The standard InChI is InChI=1S/C9H15ClN4/c1-7-5-8(10)13-9(12-7)6-14(2)4-3-11/h5H,3-4,6,11H2,1-2H3. The van der Waals surface area contributed by atoms with Crippen molar-refractivity contribution in [1.82, 2.24) is 14.9 Å². The molecule has 4 nitrogen and oxygen atoms in total. The molecule has 0 aliphatic heterocycles. The maximum atomic E-state index is 5.82. The molecule has 2 N–H and O–H groups in total. The third kappa shape index (κ3) is 3.57. The van der Waals surface area contributed by atoms with Crippen LogP contribution in [0.2, 0.25) is 5.15 Å². The Kier molecular flexibility index (Phi) is 4.25. The highest BCUT2D eigenvalue weighted by molar-refractivity contribution is 6.29. The van der Waals surface area contributed by atoms with Crippen LogP contribution in [0.3, 0.4) is 0 Å². The fraction of sp³-hybridized carbons (Fsp3) is 0.556. The van der Waals surface area contributed by atoms with Crippen molar-refractivity contribution in [2.24, 2.45) is 5.73 Å². The van der Waals surface area contributed by atoms with Crippen LogP contribution < -0.4 is 5.73 Å². The van der Waals surface area contributed by atoms with Crippen LogP contribution in [0.15, 0.2) is 6.07 Å². The molecule has 0 aliphatic rings. The van der Waals surface area contributed by atoms with Gasteiger partial charge in [0.2, 0.25) is 0 Å². The molecule has 0 fully saturated rings. The molecule has 1 heterocycles. The van der Waals surface area contributed by atoms with Gasteiger partial charge in [-0.15, -0.1) is 0 Å². The zero-order chi connectivity index (χ0) is 10.6. The summed E-state index contributed by atoms with van der Waals surface area (Å²) in [5.74, 6) is 0.742. The minimum atomic E-state index is 0.494. The van der Waals surface area contributed by atoms with Crippen LogP contribution in [0, 0.1) is 6.92 Å². The molecule has 0 atom stereocenters. The highest BCUT2D eigenvalue weighted by atomic mass is 35.5. The van der Waals surface area contributed by atoms with Crippen molar-refractivity contribution in [3.8, 4) is 0 Å². The lowest BCUT2D eigenvalue weighted by Crippen LogP contribution is -2.26. The molecular weight excluding hydrogens is 200 g/mol. The summed E-state index contributed by atoms with van der Waals surface area (Å²) in [6, 6.07) is 1.74. The minimum absolute atomic E-state index is 0.494. The van der Waals surface area contributed by atoms with Crippen LogP contribution in [0.25, 0.3) is 0 Å². The van der Waals surface area contributed by atoms with Crippen molar-refractivity contribution >= 4 is 11.6 Å². The van der Waals surface area contributed by atoms with Crippen LogP contribution in [-0.4, -0.2) is 35.0 Å². The maximum absolute atomic E-state index is 5.82. The Labute approximate surface area is 89.1 Å². The number of hydrogen-bond acceptors (Lipinski definition) is 4. The fourth-order valence-electron chi connectivity index (χ4n) is 1.20. The van der Waals surface area contributed by atoms with Gasteiger partial charge in [-0.25, -0.2) is 9.97 Å². The van der Waals surface area contributed by atoms with Crippen molar-refractivity contribution in [3.05, 3.63) is 22.7 Å². The Morgan fingerprint density at radius 2 is 2.21 bits per heavy atom. The van der Waals surface area contributed by atoms with Crippen molar-refractivity contribution in [2.75, 3.05) is 20.1 Å². The Morgan fingerprint density at radius 3 is 2.79 bits per heavy atom. The monoisotopic (exact) mass is 214 g/mol. The van der Waals surface area contributed by atoms with Gasteiger partial charge in [-0.1, -0.05) is 11.6 Å². The molecule has 1 aromatic rings. The SMILES string of the molecule is Cc1cc(Cl)nc(CN(C)CCN)n1. The summed E-state index contributed by atoms with van der Waals surface area (Å²) in [6.07, 6.45) is 0. The highest BCUT2D eigenvalue weighted by Gasteiger charge is 2.03. The number of nitrogens with zero attached hydrogens (tertiary/aromatic N) is 3. The van der Waals surface area contributed by atoms with Crippen molar-refractivity contribution in [3.63, 3.8) is 0 Å². The summed E-state index contributed by atoms with van der Waals surface area (Å²) in [4.78, 5) is 10.5. The molecule has 0 aliphatic carbocycles. The van der Waals surface area contributed by atoms with E-state index in [1.165, 1.54) is 0 Å². The highest BCUT2D eigenvalue weighted by Crippen LogP contribution is 2.07. The predicted octanol–water partition coefficient (Wildman–Crippen LogP) is 0.829. The molecule has 0 aromatic carbocycles. The smallest absolute Gasteiger partial charge is 0.144 e. The Balaban J connectivity index is 2.66. The summed E-state index contributed by atoms with van der Waals surface area (Å²) in [6.45, 7) is 4.05. The number of halogens is 1. The van der Waals surface area contributed by atoms with Gasteiger partial charge in [0, 0.05) is 18.8 Å². The molecule has 0 unspecified atom stereocenters. The van der Waals surface area contributed by atoms with E-state index in [1.807, 2.05) is 14.0 Å². The largest absolute Gasteiger partial charge is 0.329 e. The lowest BCUT2D eigenvalue weighted by atomic mass is 10.4. The summed E-state index contributed by atoms with van der Waals surface area (Å²) in [7, 11) is 1.98. The topological polar surface area (TPSA) is 55.0 Å². The van der Waals surface area contributed by atoms with E-state index in [-0.39, 0.29) is 0 Å². The molecule has 0 radical (unpaired) electrons. The van der Waals surface area contributed by atoms with Crippen LogP contribution >= 0.6 is 11.6 Å². The third-order valence-corrected chi connectivity index (χ3v) is 1.99. The van der Waals surface area contributed by atoms with Crippen LogP contribution in [0.4, 0.5) is 0 Å².